The largest absolute Gasteiger partial charge is 0.378 e. The van der Waals surface area contributed by atoms with Crippen LogP contribution in [-0.4, -0.2) is 29.7 Å². The smallest absolute Gasteiger partial charge is 0.147 e. The molecule has 2 heterocycles. The van der Waals surface area contributed by atoms with Crippen LogP contribution < -0.4 is 5.32 Å². The van der Waals surface area contributed by atoms with Crippen molar-refractivity contribution in [1.29, 1.82) is 0 Å². The average Bonchev–Trinajstić information content (AvgIpc) is 2.30. The lowest BCUT2D eigenvalue weighted by atomic mass is 10.1. The lowest BCUT2D eigenvalue weighted by molar-refractivity contribution is 0.0741. The molecule has 1 atom stereocenters. The zero-order valence-electron chi connectivity index (χ0n) is 9.23. The maximum atomic E-state index is 5.39. The van der Waals surface area contributed by atoms with Gasteiger partial charge in [0.2, 0.25) is 0 Å². The van der Waals surface area contributed by atoms with E-state index in [1.54, 1.807) is 0 Å². The maximum absolute atomic E-state index is 5.39. The predicted molar refractivity (Wildman–Crippen MR) is 57.7 cm³/mol. The van der Waals surface area contributed by atoms with Crippen molar-refractivity contribution in [3.63, 3.8) is 0 Å². The molecule has 1 saturated heterocycles. The van der Waals surface area contributed by atoms with Crippen molar-refractivity contribution in [2.45, 2.75) is 25.8 Å². The van der Waals surface area contributed by atoms with Gasteiger partial charge in [-0.15, -0.1) is 0 Å². The quantitative estimate of drug-likeness (QED) is 0.793. The van der Waals surface area contributed by atoms with E-state index in [2.05, 4.69) is 29.1 Å². The molecule has 15 heavy (non-hydrogen) atoms. The molecule has 2 rings (SSSR count). The van der Waals surface area contributed by atoms with E-state index < -0.39 is 0 Å². The van der Waals surface area contributed by atoms with E-state index >= 15 is 0 Å². The van der Waals surface area contributed by atoms with Crippen LogP contribution in [0, 0.1) is 0 Å². The second-order valence-electron chi connectivity index (χ2n) is 4.08. The summed E-state index contributed by atoms with van der Waals surface area (Å²) in [6.45, 7) is 6.59. The number of nitrogens with one attached hydrogen (secondary N) is 1. The number of hydrogen-bond donors (Lipinski definition) is 1. The zero-order valence-corrected chi connectivity index (χ0v) is 9.23. The Labute approximate surface area is 90.1 Å². The van der Waals surface area contributed by atoms with Crippen LogP contribution >= 0.6 is 0 Å². The molecule has 4 nitrogen and oxygen atoms in total. The molecule has 0 aliphatic carbocycles. The monoisotopic (exact) mass is 207 g/mol. The first kappa shape index (κ1) is 10.5. The van der Waals surface area contributed by atoms with Crippen LogP contribution in [0.5, 0.6) is 0 Å². The van der Waals surface area contributed by atoms with E-state index in [1.807, 2.05) is 12.3 Å². The van der Waals surface area contributed by atoms with E-state index in [-0.39, 0.29) is 6.04 Å². The third-order valence-electron chi connectivity index (χ3n) is 2.52. The summed E-state index contributed by atoms with van der Waals surface area (Å²) in [5, 5.41) is 3.35. The van der Waals surface area contributed by atoms with Crippen LogP contribution in [0.1, 0.15) is 37.3 Å². The minimum absolute atomic E-state index is 0.150. The summed E-state index contributed by atoms with van der Waals surface area (Å²) in [6, 6.07) is 2.12. The van der Waals surface area contributed by atoms with Gasteiger partial charge in [-0.2, -0.15) is 0 Å². The van der Waals surface area contributed by atoms with Gasteiger partial charge in [0.25, 0.3) is 0 Å². The van der Waals surface area contributed by atoms with Gasteiger partial charge in [0.1, 0.15) is 5.82 Å². The summed E-state index contributed by atoms with van der Waals surface area (Å²) in [5.74, 6) is 1.29. The highest BCUT2D eigenvalue weighted by Crippen LogP contribution is 2.15. The third kappa shape index (κ3) is 2.52. The van der Waals surface area contributed by atoms with Gasteiger partial charge in [0, 0.05) is 18.4 Å². The molecule has 0 radical (unpaired) electrons. The molecule has 1 N–H and O–H groups in total. The Balaban J connectivity index is 2.16. The van der Waals surface area contributed by atoms with E-state index in [1.165, 1.54) is 0 Å². The zero-order chi connectivity index (χ0) is 10.7. The lowest BCUT2D eigenvalue weighted by Gasteiger charge is -2.22. The van der Waals surface area contributed by atoms with Gasteiger partial charge in [0.05, 0.1) is 19.3 Å². The number of rotatable bonds is 2. The molecule has 0 aromatic carbocycles. The Morgan fingerprint density at radius 3 is 3.07 bits per heavy atom. The Morgan fingerprint density at radius 1 is 1.53 bits per heavy atom. The molecule has 1 aliphatic rings. The topological polar surface area (TPSA) is 47.0 Å². The summed E-state index contributed by atoms with van der Waals surface area (Å²) in [6.07, 6.45) is 1.83. The number of morpholine rings is 1. The summed E-state index contributed by atoms with van der Waals surface area (Å²) < 4.78 is 5.39. The molecule has 1 aromatic rings. The van der Waals surface area contributed by atoms with Crippen molar-refractivity contribution in [3.05, 3.63) is 23.8 Å². The van der Waals surface area contributed by atoms with E-state index in [0.29, 0.717) is 12.5 Å². The number of nitrogens with zero attached hydrogens (tertiary/aromatic N) is 2. The fraction of sp³-hybridized carbons (Fsp3) is 0.636. The molecule has 0 spiro atoms. The molecule has 0 bridgehead atoms. The molecular formula is C11H17N3O. The first-order valence-corrected chi connectivity index (χ1v) is 5.41. The number of hydrogen-bond acceptors (Lipinski definition) is 4. The van der Waals surface area contributed by atoms with E-state index in [9.17, 15) is 0 Å². The highest BCUT2D eigenvalue weighted by Gasteiger charge is 2.18. The standard InChI is InChI=1S/C11H17N3O/c1-8(2)9-3-4-13-11(14-9)10-7-15-6-5-12-10/h3-4,8,10,12H,5-7H2,1-2H3. The van der Waals surface area contributed by atoms with Crippen molar-refractivity contribution in [3.8, 4) is 0 Å². The van der Waals surface area contributed by atoms with Crippen molar-refractivity contribution in [2.24, 2.45) is 0 Å². The normalized spacial score (nSPS) is 21.9. The summed E-state index contributed by atoms with van der Waals surface area (Å²) in [5.41, 5.74) is 1.09. The summed E-state index contributed by atoms with van der Waals surface area (Å²) in [7, 11) is 0. The highest BCUT2D eigenvalue weighted by molar-refractivity contribution is 5.09. The van der Waals surface area contributed by atoms with Crippen molar-refractivity contribution < 1.29 is 4.74 Å². The van der Waals surface area contributed by atoms with Gasteiger partial charge >= 0.3 is 0 Å². The van der Waals surface area contributed by atoms with Crippen LogP contribution in [0.3, 0.4) is 0 Å². The average molecular weight is 207 g/mol. The lowest BCUT2D eigenvalue weighted by Crippen LogP contribution is -2.35. The Morgan fingerprint density at radius 2 is 2.40 bits per heavy atom. The van der Waals surface area contributed by atoms with Gasteiger partial charge in [-0.3, -0.25) is 0 Å². The summed E-state index contributed by atoms with van der Waals surface area (Å²) >= 11 is 0. The van der Waals surface area contributed by atoms with E-state index in [4.69, 9.17) is 4.74 Å². The first-order chi connectivity index (χ1) is 7.27. The van der Waals surface area contributed by atoms with Crippen LogP contribution in [0.4, 0.5) is 0 Å². The number of aromatic nitrogens is 2. The minimum atomic E-state index is 0.150. The Kier molecular flexibility index (Phi) is 3.28. The molecular weight excluding hydrogens is 190 g/mol. The highest BCUT2D eigenvalue weighted by atomic mass is 16.5. The maximum Gasteiger partial charge on any atom is 0.147 e. The second kappa shape index (κ2) is 4.68. The molecule has 82 valence electrons. The molecule has 0 amide bonds. The fourth-order valence-corrected chi connectivity index (χ4v) is 1.61. The predicted octanol–water partition coefficient (Wildman–Crippen LogP) is 1.26. The molecule has 1 aliphatic heterocycles. The molecule has 4 heteroatoms. The fourth-order valence-electron chi connectivity index (χ4n) is 1.61. The third-order valence-corrected chi connectivity index (χ3v) is 2.52. The van der Waals surface area contributed by atoms with Crippen molar-refractivity contribution in [2.75, 3.05) is 19.8 Å². The molecule has 1 unspecified atom stereocenters. The Hall–Kier alpha value is -1.00. The summed E-state index contributed by atoms with van der Waals surface area (Å²) in [4.78, 5) is 8.83. The Bertz CT molecular complexity index is 321. The van der Waals surface area contributed by atoms with Gasteiger partial charge in [-0.1, -0.05) is 13.8 Å². The van der Waals surface area contributed by atoms with Gasteiger partial charge in [0.15, 0.2) is 0 Å². The molecule has 0 saturated carbocycles. The van der Waals surface area contributed by atoms with Crippen molar-refractivity contribution >= 4 is 0 Å². The minimum Gasteiger partial charge on any atom is -0.378 e. The molecule has 1 aromatic heterocycles. The molecule has 1 fully saturated rings. The van der Waals surface area contributed by atoms with Crippen LogP contribution in [0.2, 0.25) is 0 Å². The first-order valence-electron chi connectivity index (χ1n) is 5.41. The number of ether oxygens (including phenoxy) is 1. The van der Waals surface area contributed by atoms with Crippen molar-refractivity contribution in [1.82, 2.24) is 15.3 Å². The van der Waals surface area contributed by atoms with Crippen LogP contribution in [0.15, 0.2) is 12.3 Å². The van der Waals surface area contributed by atoms with Crippen LogP contribution in [0.25, 0.3) is 0 Å². The van der Waals surface area contributed by atoms with Gasteiger partial charge < -0.3 is 10.1 Å². The SMILES string of the molecule is CC(C)c1ccnc(C2COCCN2)n1. The van der Waals surface area contributed by atoms with E-state index in [0.717, 1.165) is 24.7 Å². The second-order valence-corrected chi connectivity index (χ2v) is 4.08. The van der Waals surface area contributed by atoms with Gasteiger partial charge in [-0.25, -0.2) is 9.97 Å². The van der Waals surface area contributed by atoms with Crippen LogP contribution in [-0.2, 0) is 4.74 Å². The van der Waals surface area contributed by atoms with Gasteiger partial charge in [-0.05, 0) is 12.0 Å².